The third-order valence-corrected chi connectivity index (χ3v) is 2.99. The number of nitro benzene ring substituents is 1. The number of rotatable bonds is 4. The molecule has 1 amide bonds. The number of carbonyl (C=O) groups excluding carboxylic acids is 1. The normalized spacial score (nSPS) is 10.0. The Morgan fingerprint density at radius 2 is 1.95 bits per heavy atom. The Labute approximate surface area is 121 Å². The smallest absolute Gasteiger partial charge is 0.274 e. The predicted octanol–water partition coefficient (Wildman–Crippen LogP) is 2.59. The molecule has 2 aromatic rings. The summed E-state index contributed by atoms with van der Waals surface area (Å²) in [4.78, 5) is 26.7. The van der Waals surface area contributed by atoms with Gasteiger partial charge in [0.1, 0.15) is 11.5 Å². The SMILES string of the molecule is CNc1cccc(C(=O)Nc2cccc([N+](=O)[O-])c2C)n1. The van der Waals surface area contributed by atoms with Crippen LogP contribution in [0.25, 0.3) is 0 Å². The van der Waals surface area contributed by atoms with E-state index in [0.29, 0.717) is 17.1 Å². The molecule has 1 heterocycles. The van der Waals surface area contributed by atoms with Crippen LogP contribution in [0.3, 0.4) is 0 Å². The number of anilines is 2. The van der Waals surface area contributed by atoms with Gasteiger partial charge in [0, 0.05) is 13.1 Å². The first-order valence-corrected chi connectivity index (χ1v) is 6.23. The van der Waals surface area contributed by atoms with Crippen molar-refractivity contribution in [3.8, 4) is 0 Å². The molecular formula is C14H14N4O3. The molecule has 0 unspecified atom stereocenters. The second kappa shape index (κ2) is 6.00. The molecule has 0 fully saturated rings. The van der Waals surface area contributed by atoms with E-state index in [1.54, 1.807) is 38.2 Å². The van der Waals surface area contributed by atoms with Crippen LogP contribution < -0.4 is 10.6 Å². The van der Waals surface area contributed by atoms with Crippen LogP contribution in [-0.2, 0) is 0 Å². The van der Waals surface area contributed by atoms with Gasteiger partial charge in [-0.25, -0.2) is 4.98 Å². The van der Waals surface area contributed by atoms with Crippen molar-refractivity contribution in [1.82, 2.24) is 4.98 Å². The summed E-state index contributed by atoms with van der Waals surface area (Å²) >= 11 is 0. The van der Waals surface area contributed by atoms with Crippen LogP contribution in [-0.4, -0.2) is 22.9 Å². The molecule has 21 heavy (non-hydrogen) atoms. The minimum atomic E-state index is -0.481. The molecular weight excluding hydrogens is 272 g/mol. The van der Waals surface area contributed by atoms with Gasteiger partial charge in [0.25, 0.3) is 11.6 Å². The fourth-order valence-corrected chi connectivity index (χ4v) is 1.84. The van der Waals surface area contributed by atoms with Crippen LogP contribution in [0, 0.1) is 17.0 Å². The van der Waals surface area contributed by atoms with E-state index in [1.165, 1.54) is 12.1 Å². The van der Waals surface area contributed by atoms with Gasteiger partial charge in [-0.15, -0.1) is 0 Å². The van der Waals surface area contributed by atoms with Gasteiger partial charge >= 0.3 is 0 Å². The van der Waals surface area contributed by atoms with Crippen LogP contribution in [0.5, 0.6) is 0 Å². The van der Waals surface area contributed by atoms with Crippen LogP contribution in [0.4, 0.5) is 17.2 Å². The summed E-state index contributed by atoms with van der Waals surface area (Å²) < 4.78 is 0. The fourth-order valence-electron chi connectivity index (χ4n) is 1.84. The number of aromatic nitrogens is 1. The number of nitrogens with one attached hydrogen (secondary N) is 2. The van der Waals surface area contributed by atoms with Crippen LogP contribution in [0.2, 0.25) is 0 Å². The number of benzene rings is 1. The Bertz CT molecular complexity index is 700. The van der Waals surface area contributed by atoms with E-state index < -0.39 is 10.8 Å². The van der Waals surface area contributed by atoms with Gasteiger partial charge in [-0.1, -0.05) is 12.1 Å². The highest BCUT2D eigenvalue weighted by Gasteiger charge is 2.16. The first-order valence-electron chi connectivity index (χ1n) is 6.23. The lowest BCUT2D eigenvalue weighted by Crippen LogP contribution is -2.15. The maximum absolute atomic E-state index is 12.1. The van der Waals surface area contributed by atoms with Crippen molar-refractivity contribution >= 4 is 23.1 Å². The van der Waals surface area contributed by atoms with Crippen molar-refractivity contribution in [2.75, 3.05) is 17.7 Å². The van der Waals surface area contributed by atoms with E-state index in [-0.39, 0.29) is 11.4 Å². The molecule has 0 aliphatic rings. The van der Waals surface area contributed by atoms with E-state index in [1.807, 2.05) is 0 Å². The second-order valence-corrected chi connectivity index (χ2v) is 4.32. The highest BCUT2D eigenvalue weighted by Crippen LogP contribution is 2.25. The average molecular weight is 286 g/mol. The Morgan fingerprint density at radius 3 is 2.62 bits per heavy atom. The molecule has 0 radical (unpaired) electrons. The molecule has 1 aromatic carbocycles. The Hall–Kier alpha value is -2.96. The van der Waals surface area contributed by atoms with Gasteiger partial charge < -0.3 is 10.6 Å². The van der Waals surface area contributed by atoms with Crippen molar-refractivity contribution in [2.24, 2.45) is 0 Å². The number of pyridine rings is 1. The van der Waals surface area contributed by atoms with Gasteiger partial charge in [0.15, 0.2) is 0 Å². The maximum atomic E-state index is 12.1. The zero-order valence-electron chi connectivity index (χ0n) is 11.6. The highest BCUT2D eigenvalue weighted by molar-refractivity contribution is 6.03. The summed E-state index contributed by atoms with van der Waals surface area (Å²) in [5.74, 6) is 0.147. The number of hydrogen-bond donors (Lipinski definition) is 2. The van der Waals surface area contributed by atoms with Crippen molar-refractivity contribution in [1.29, 1.82) is 0 Å². The number of nitro groups is 1. The highest BCUT2D eigenvalue weighted by atomic mass is 16.6. The standard InChI is InChI=1S/C14H14N4O3/c1-9-10(5-3-7-12(9)18(20)21)17-14(19)11-6-4-8-13(15-2)16-11/h3-8H,1-2H3,(H,15,16)(H,17,19). The molecule has 0 saturated carbocycles. The van der Waals surface area contributed by atoms with Crippen molar-refractivity contribution in [3.63, 3.8) is 0 Å². The van der Waals surface area contributed by atoms with Crippen LogP contribution in [0.15, 0.2) is 36.4 Å². The van der Waals surface area contributed by atoms with E-state index in [4.69, 9.17) is 0 Å². The summed E-state index contributed by atoms with van der Waals surface area (Å²) in [6, 6.07) is 9.54. The minimum Gasteiger partial charge on any atom is -0.373 e. The molecule has 2 N–H and O–H groups in total. The second-order valence-electron chi connectivity index (χ2n) is 4.32. The molecule has 7 heteroatoms. The Morgan fingerprint density at radius 1 is 1.24 bits per heavy atom. The zero-order chi connectivity index (χ0) is 15.4. The first kappa shape index (κ1) is 14.4. The fraction of sp³-hybridized carbons (Fsp3) is 0.143. The topological polar surface area (TPSA) is 97.2 Å². The lowest BCUT2D eigenvalue weighted by molar-refractivity contribution is -0.385. The quantitative estimate of drug-likeness (QED) is 0.665. The van der Waals surface area contributed by atoms with Crippen molar-refractivity contribution < 1.29 is 9.72 Å². The molecule has 0 aliphatic carbocycles. The summed E-state index contributed by atoms with van der Waals surface area (Å²) in [5, 5.41) is 16.4. The van der Waals surface area contributed by atoms with Crippen LogP contribution in [0.1, 0.15) is 16.1 Å². The first-order chi connectivity index (χ1) is 10.0. The third-order valence-electron chi connectivity index (χ3n) is 2.99. The molecule has 0 bridgehead atoms. The van der Waals surface area contributed by atoms with E-state index in [2.05, 4.69) is 15.6 Å². The molecule has 0 atom stereocenters. The zero-order valence-corrected chi connectivity index (χ0v) is 11.6. The predicted molar refractivity (Wildman–Crippen MR) is 79.6 cm³/mol. The summed E-state index contributed by atoms with van der Waals surface area (Å²) in [6.07, 6.45) is 0. The number of hydrogen-bond acceptors (Lipinski definition) is 5. The number of carbonyl (C=O) groups is 1. The largest absolute Gasteiger partial charge is 0.373 e. The Kier molecular flexibility index (Phi) is 4.13. The lowest BCUT2D eigenvalue weighted by Gasteiger charge is -2.08. The van der Waals surface area contributed by atoms with E-state index in [9.17, 15) is 14.9 Å². The average Bonchev–Trinajstić information content (AvgIpc) is 2.49. The lowest BCUT2D eigenvalue weighted by atomic mass is 10.1. The van der Waals surface area contributed by atoms with Gasteiger partial charge in [0.2, 0.25) is 0 Å². The molecule has 7 nitrogen and oxygen atoms in total. The summed E-state index contributed by atoms with van der Waals surface area (Å²) in [5.41, 5.74) is 0.990. The minimum absolute atomic E-state index is 0.0373. The van der Waals surface area contributed by atoms with Gasteiger partial charge in [-0.2, -0.15) is 0 Å². The number of amides is 1. The van der Waals surface area contributed by atoms with Crippen LogP contribution >= 0.6 is 0 Å². The Balaban J connectivity index is 2.27. The molecule has 108 valence electrons. The monoisotopic (exact) mass is 286 g/mol. The van der Waals surface area contributed by atoms with Crippen molar-refractivity contribution in [3.05, 3.63) is 57.8 Å². The van der Waals surface area contributed by atoms with Crippen molar-refractivity contribution in [2.45, 2.75) is 6.92 Å². The molecule has 0 spiro atoms. The summed E-state index contributed by atoms with van der Waals surface area (Å²) in [6.45, 7) is 1.59. The number of nitrogens with zero attached hydrogens (tertiary/aromatic N) is 2. The molecule has 0 aliphatic heterocycles. The van der Waals surface area contributed by atoms with Gasteiger partial charge in [-0.05, 0) is 25.1 Å². The summed E-state index contributed by atoms with van der Waals surface area (Å²) in [7, 11) is 1.70. The molecule has 1 aromatic heterocycles. The van der Waals surface area contributed by atoms with E-state index in [0.717, 1.165) is 0 Å². The molecule has 2 rings (SSSR count). The van der Waals surface area contributed by atoms with Gasteiger partial charge in [-0.3, -0.25) is 14.9 Å². The third kappa shape index (κ3) is 3.14. The molecule has 0 saturated heterocycles. The van der Waals surface area contributed by atoms with E-state index >= 15 is 0 Å². The van der Waals surface area contributed by atoms with Gasteiger partial charge in [0.05, 0.1) is 16.2 Å². The maximum Gasteiger partial charge on any atom is 0.274 e.